The van der Waals surface area contributed by atoms with E-state index in [0.29, 0.717) is 5.39 Å². The van der Waals surface area contributed by atoms with Gasteiger partial charge in [-0.05, 0) is 12.1 Å². The lowest BCUT2D eigenvalue weighted by atomic mass is 10.2. The van der Waals surface area contributed by atoms with Crippen molar-refractivity contribution in [3.05, 3.63) is 30.5 Å². The number of hydrogen-bond acceptors (Lipinski definition) is 4. The Morgan fingerprint density at radius 3 is 2.81 bits per heavy atom. The normalized spacial score (nSPS) is 10.0. The number of para-hydroxylation sites is 1. The minimum absolute atomic E-state index is 0.245. The van der Waals surface area contributed by atoms with Gasteiger partial charge in [0.25, 0.3) is 0 Å². The number of aromatic amines is 1. The minimum atomic E-state index is -2.80. The van der Waals surface area contributed by atoms with Gasteiger partial charge in [0.1, 0.15) is 0 Å². The molecule has 1 N–H and O–H groups in total. The predicted octanol–water partition coefficient (Wildman–Crippen LogP) is 1.73. The molecule has 2 rings (SSSR count). The smallest absolute Gasteiger partial charge is 0.406 e. The van der Waals surface area contributed by atoms with Crippen LogP contribution < -0.4 is 4.74 Å². The number of benzene rings is 1. The summed E-state index contributed by atoms with van der Waals surface area (Å²) < 4.78 is 27.7. The van der Waals surface area contributed by atoms with Crippen LogP contribution in [0.2, 0.25) is 0 Å². The SMILES string of the molecule is O=C(N=S(=O)=O)Oc1c[nH]c2ccccc12. The third-order valence-corrected chi connectivity index (χ3v) is 2.20. The summed E-state index contributed by atoms with van der Waals surface area (Å²) in [6, 6.07) is 7.14. The number of fused-ring (bicyclic) bond motifs is 1. The largest absolute Gasteiger partial charge is 0.454 e. The lowest BCUT2D eigenvalue weighted by Crippen LogP contribution is -2.00. The molecule has 6 nitrogen and oxygen atoms in total. The van der Waals surface area contributed by atoms with Gasteiger partial charge in [-0.15, -0.1) is 0 Å². The van der Waals surface area contributed by atoms with Gasteiger partial charge in [0.15, 0.2) is 5.75 Å². The molecule has 0 radical (unpaired) electrons. The Bertz CT molecular complexity index is 664. The molecule has 0 unspecified atom stereocenters. The van der Waals surface area contributed by atoms with Gasteiger partial charge >= 0.3 is 16.6 Å². The van der Waals surface area contributed by atoms with Crippen molar-refractivity contribution in [1.29, 1.82) is 0 Å². The molecule has 0 atom stereocenters. The van der Waals surface area contributed by atoms with E-state index in [1.807, 2.05) is 6.07 Å². The van der Waals surface area contributed by atoms with E-state index in [1.54, 1.807) is 18.2 Å². The molecule has 16 heavy (non-hydrogen) atoms. The fourth-order valence-corrected chi connectivity index (χ4v) is 1.46. The molecule has 0 bridgehead atoms. The summed E-state index contributed by atoms with van der Waals surface area (Å²) in [6.45, 7) is 0. The second kappa shape index (κ2) is 4.15. The van der Waals surface area contributed by atoms with Crippen LogP contribution in [0.15, 0.2) is 34.8 Å². The number of aromatic nitrogens is 1. The Kier molecular flexibility index (Phi) is 2.69. The van der Waals surface area contributed by atoms with Crippen molar-refractivity contribution < 1.29 is 17.9 Å². The quantitative estimate of drug-likeness (QED) is 0.819. The van der Waals surface area contributed by atoms with Crippen LogP contribution in [0.4, 0.5) is 4.79 Å². The van der Waals surface area contributed by atoms with Crippen molar-refractivity contribution >= 4 is 27.5 Å². The first-order valence-corrected chi connectivity index (χ1v) is 5.29. The maximum Gasteiger partial charge on any atom is 0.454 e. The third-order valence-electron chi connectivity index (χ3n) is 1.90. The molecule has 1 heterocycles. The van der Waals surface area contributed by atoms with Gasteiger partial charge in [-0.25, -0.2) is 4.79 Å². The van der Waals surface area contributed by atoms with Crippen LogP contribution in [0, 0.1) is 0 Å². The number of rotatable bonds is 1. The van der Waals surface area contributed by atoms with Crippen LogP contribution in [0.3, 0.4) is 0 Å². The highest BCUT2D eigenvalue weighted by molar-refractivity contribution is 7.62. The molecule has 0 saturated heterocycles. The third kappa shape index (κ3) is 2.09. The summed E-state index contributed by atoms with van der Waals surface area (Å²) in [5.41, 5.74) is 0.786. The molecule has 0 aliphatic heterocycles. The molecule has 0 aliphatic rings. The van der Waals surface area contributed by atoms with Crippen LogP contribution in [0.25, 0.3) is 10.9 Å². The number of amides is 1. The molecule has 1 aromatic heterocycles. The molecule has 0 fully saturated rings. The van der Waals surface area contributed by atoms with Gasteiger partial charge in [-0.3, -0.25) is 0 Å². The number of carbonyl (C=O) groups is 1. The maximum absolute atomic E-state index is 11.0. The molecular weight excluding hydrogens is 232 g/mol. The van der Waals surface area contributed by atoms with Crippen molar-refractivity contribution in [2.75, 3.05) is 0 Å². The number of hydrogen-bond donors (Lipinski definition) is 1. The molecule has 7 heteroatoms. The summed E-state index contributed by atoms with van der Waals surface area (Å²) in [5, 5.41) is 0.683. The Balaban J connectivity index is 2.35. The highest BCUT2D eigenvalue weighted by Gasteiger charge is 2.08. The molecule has 1 aromatic carbocycles. The number of nitrogens with zero attached hydrogens (tertiary/aromatic N) is 1. The number of ether oxygens (including phenoxy) is 1. The summed E-state index contributed by atoms with van der Waals surface area (Å²) >= 11 is 0. The first-order valence-electron chi connectivity index (χ1n) is 4.26. The maximum atomic E-state index is 11.0. The van der Waals surface area contributed by atoms with Crippen LogP contribution in [-0.4, -0.2) is 19.5 Å². The Hall–Kier alpha value is -2.15. The first-order chi connectivity index (χ1) is 7.66. The summed E-state index contributed by atoms with van der Waals surface area (Å²) in [6.07, 6.45) is 0.296. The minimum Gasteiger partial charge on any atom is -0.406 e. The van der Waals surface area contributed by atoms with Crippen molar-refractivity contribution in [1.82, 2.24) is 4.98 Å². The summed E-state index contributed by atoms with van der Waals surface area (Å²) in [4.78, 5) is 13.8. The predicted molar refractivity (Wildman–Crippen MR) is 55.7 cm³/mol. The van der Waals surface area contributed by atoms with Gasteiger partial charge in [-0.1, -0.05) is 16.5 Å². The van der Waals surface area contributed by atoms with E-state index < -0.39 is 16.6 Å². The van der Waals surface area contributed by atoms with Gasteiger partial charge < -0.3 is 9.72 Å². The van der Waals surface area contributed by atoms with E-state index in [0.717, 1.165) is 5.52 Å². The fraction of sp³-hybridized carbons (Fsp3) is 0. The Morgan fingerprint density at radius 2 is 2.06 bits per heavy atom. The number of H-pyrrole nitrogens is 1. The molecule has 2 aromatic rings. The highest BCUT2D eigenvalue weighted by Crippen LogP contribution is 2.24. The van der Waals surface area contributed by atoms with E-state index in [-0.39, 0.29) is 5.75 Å². The zero-order valence-electron chi connectivity index (χ0n) is 7.88. The lowest BCUT2D eigenvalue weighted by Gasteiger charge is -1.95. The molecule has 82 valence electrons. The van der Waals surface area contributed by atoms with E-state index in [9.17, 15) is 13.2 Å². The molecule has 0 spiro atoms. The zero-order chi connectivity index (χ0) is 11.5. The second-order valence-corrected chi connectivity index (χ2v) is 3.49. The average Bonchev–Trinajstić information content (AvgIpc) is 2.61. The average molecular weight is 238 g/mol. The molecule has 1 amide bonds. The Labute approximate surface area is 91.6 Å². The Morgan fingerprint density at radius 1 is 1.31 bits per heavy atom. The zero-order valence-corrected chi connectivity index (χ0v) is 8.69. The van der Waals surface area contributed by atoms with E-state index in [1.165, 1.54) is 6.20 Å². The van der Waals surface area contributed by atoms with Crippen LogP contribution in [0.5, 0.6) is 5.75 Å². The van der Waals surface area contributed by atoms with E-state index >= 15 is 0 Å². The number of carbonyl (C=O) groups excluding carboxylic acids is 1. The van der Waals surface area contributed by atoms with Crippen LogP contribution >= 0.6 is 0 Å². The van der Waals surface area contributed by atoms with E-state index in [4.69, 9.17) is 4.74 Å². The van der Waals surface area contributed by atoms with Crippen molar-refractivity contribution in [3.63, 3.8) is 0 Å². The van der Waals surface area contributed by atoms with Gasteiger partial charge in [-0.2, -0.15) is 8.42 Å². The molecular formula is C9H6N2O4S. The fourth-order valence-electron chi connectivity index (χ4n) is 1.30. The van der Waals surface area contributed by atoms with Gasteiger partial charge in [0.2, 0.25) is 0 Å². The van der Waals surface area contributed by atoms with Crippen LogP contribution in [-0.2, 0) is 10.5 Å². The van der Waals surface area contributed by atoms with Crippen molar-refractivity contribution in [2.45, 2.75) is 0 Å². The summed E-state index contributed by atoms with van der Waals surface area (Å²) in [5.74, 6) is 0.245. The van der Waals surface area contributed by atoms with Crippen molar-refractivity contribution in [3.8, 4) is 5.75 Å². The van der Waals surface area contributed by atoms with E-state index in [2.05, 4.69) is 9.35 Å². The van der Waals surface area contributed by atoms with Gasteiger partial charge in [0, 0.05) is 17.1 Å². The standard InChI is InChI=1S/C9H6N2O4S/c12-9(11-16(13)14)15-8-5-10-7-4-2-1-3-6(7)8/h1-5,10H. The monoisotopic (exact) mass is 238 g/mol. The first kappa shape index (κ1) is 10.4. The number of nitrogens with one attached hydrogen (secondary N) is 1. The molecule has 0 aliphatic carbocycles. The lowest BCUT2D eigenvalue weighted by molar-refractivity contribution is 0.212. The second-order valence-electron chi connectivity index (χ2n) is 2.87. The topological polar surface area (TPSA) is 88.6 Å². The van der Waals surface area contributed by atoms with Crippen LogP contribution in [0.1, 0.15) is 0 Å². The molecule has 0 saturated carbocycles. The highest BCUT2D eigenvalue weighted by atomic mass is 32.2. The van der Waals surface area contributed by atoms with Crippen molar-refractivity contribution in [2.24, 2.45) is 4.36 Å². The summed E-state index contributed by atoms with van der Waals surface area (Å²) in [7, 11) is -2.80. The van der Waals surface area contributed by atoms with Gasteiger partial charge in [0.05, 0.1) is 0 Å².